The van der Waals surface area contributed by atoms with E-state index < -0.39 is 0 Å². The zero-order valence-corrected chi connectivity index (χ0v) is 12.1. The molecule has 2 aromatic rings. The fourth-order valence-corrected chi connectivity index (χ4v) is 2.05. The molecule has 0 bridgehead atoms. The number of nitrogen functional groups attached to an aromatic ring is 1. The minimum Gasteiger partial charge on any atom is -0.491 e. The molecule has 0 unspecified atom stereocenters. The molecule has 3 nitrogen and oxygen atoms in total. The van der Waals surface area contributed by atoms with Crippen molar-refractivity contribution in [2.45, 2.75) is 6.61 Å². The van der Waals surface area contributed by atoms with Gasteiger partial charge in [-0.3, -0.25) is 0 Å². The topological polar surface area (TPSA) is 44.5 Å². The maximum atomic E-state index is 5.60. The summed E-state index contributed by atoms with van der Waals surface area (Å²) in [5.74, 6) is 0.806. The van der Waals surface area contributed by atoms with Crippen molar-refractivity contribution in [3.8, 4) is 5.75 Å². The number of hydrogen-bond acceptors (Lipinski definition) is 3. The molecule has 0 aliphatic rings. The summed E-state index contributed by atoms with van der Waals surface area (Å²) in [5.41, 5.74) is 7.47. The number of rotatable bonds is 6. The minimum absolute atomic E-state index is 0.526. The quantitative estimate of drug-likeness (QED) is 0.652. The Morgan fingerprint density at radius 3 is 2.53 bits per heavy atom. The predicted molar refractivity (Wildman–Crippen MR) is 80.1 cm³/mol. The van der Waals surface area contributed by atoms with E-state index in [9.17, 15) is 0 Å². The summed E-state index contributed by atoms with van der Waals surface area (Å²) in [6.07, 6.45) is 0. The van der Waals surface area contributed by atoms with Crippen LogP contribution in [0.5, 0.6) is 5.75 Å². The first-order valence-electron chi connectivity index (χ1n) is 6.04. The van der Waals surface area contributed by atoms with Crippen LogP contribution in [0.25, 0.3) is 0 Å². The van der Waals surface area contributed by atoms with E-state index in [2.05, 4.69) is 15.9 Å². The van der Waals surface area contributed by atoms with Gasteiger partial charge in [0, 0.05) is 10.2 Å². The van der Waals surface area contributed by atoms with Gasteiger partial charge in [-0.15, -0.1) is 0 Å². The predicted octanol–water partition coefficient (Wildman–Crippen LogP) is 3.63. The van der Waals surface area contributed by atoms with E-state index in [0.29, 0.717) is 19.8 Å². The highest BCUT2D eigenvalue weighted by molar-refractivity contribution is 9.10. The molecule has 2 rings (SSSR count). The molecule has 0 atom stereocenters. The molecule has 0 saturated heterocycles. The van der Waals surface area contributed by atoms with E-state index in [0.717, 1.165) is 21.5 Å². The molecule has 0 fully saturated rings. The van der Waals surface area contributed by atoms with Gasteiger partial charge in [-0.2, -0.15) is 0 Å². The normalized spacial score (nSPS) is 10.4. The summed E-state index contributed by atoms with van der Waals surface area (Å²) in [4.78, 5) is 0. The van der Waals surface area contributed by atoms with Crippen molar-refractivity contribution in [1.82, 2.24) is 0 Å². The largest absolute Gasteiger partial charge is 0.491 e. The van der Waals surface area contributed by atoms with Crippen LogP contribution in [0.15, 0.2) is 53.0 Å². The summed E-state index contributed by atoms with van der Waals surface area (Å²) < 4.78 is 12.1. The average molecular weight is 322 g/mol. The van der Waals surface area contributed by atoms with Crippen LogP contribution in [0, 0.1) is 0 Å². The van der Waals surface area contributed by atoms with Crippen LogP contribution in [-0.2, 0) is 11.3 Å². The highest BCUT2D eigenvalue weighted by Crippen LogP contribution is 2.14. The molecule has 0 spiro atoms. The number of hydrogen-bond donors (Lipinski definition) is 1. The van der Waals surface area contributed by atoms with E-state index in [1.54, 1.807) is 0 Å². The average Bonchev–Trinajstić information content (AvgIpc) is 2.41. The molecule has 0 amide bonds. The van der Waals surface area contributed by atoms with Crippen LogP contribution in [-0.4, -0.2) is 13.2 Å². The Kier molecular flexibility index (Phi) is 5.24. The smallest absolute Gasteiger partial charge is 0.119 e. The van der Waals surface area contributed by atoms with Crippen LogP contribution < -0.4 is 10.5 Å². The molecule has 0 aliphatic heterocycles. The summed E-state index contributed by atoms with van der Waals surface area (Å²) in [6.45, 7) is 1.67. The molecular formula is C15H16BrNO2. The van der Waals surface area contributed by atoms with E-state index in [4.69, 9.17) is 15.2 Å². The summed E-state index contributed by atoms with van der Waals surface area (Å²) >= 11 is 3.43. The Balaban J connectivity index is 1.66. The van der Waals surface area contributed by atoms with Crippen molar-refractivity contribution in [3.05, 3.63) is 58.6 Å². The van der Waals surface area contributed by atoms with Crippen LogP contribution in [0.1, 0.15) is 5.56 Å². The fraction of sp³-hybridized carbons (Fsp3) is 0.200. The lowest BCUT2D eigenvalue weighted by molar-refractivity contribution is 0.0889. The molecule has 100 valence electrons. The lowest BCUT2D eigenvalue weighted by Gasteiger charge is -2.07. The first-order chi connectivity index (χ1) is 9.24. The number of nitrogens with two attached hydrogens (primary N) is 1. The highest BCUT2D eigenvalue weighted by atomic mass is 79.9. The van der Waals surface area contributed by atoms with Gasteiger partial charge < -0.3 is 15.2 Å². The van der Waals surface area contributed by atoms with Gasteiger partial charge in [0.05, 0.1) is 13.2 Å². The van der Waals surface area contributed by atoms with E-state index in [1.165, 1.54) is 0 Å². The number of benzene rings is 2. The maximum absolute atomic E-state index is 5.60. The first kappa shape index (κ1) is 13.9. The molecule has 0 aliphatic carbocycles. The van der Waals surface area contributed by atoms with Crippen molar-refractivity contribution in [3.63, 3.8) is 0 Å². The third kappa shape index (κ3) is 4.93. The Bertz CT molecular complexity index is 514. The van der Waals surface area contributed by atoms with E-state index in [-0.39, 0.29) is 0 Å². The second kappa shape index (κ2) is 7.16. The van der Waals surface area contributed by atoms with Crippen molar-refractivity contribution < 1.29 is 9.47 Å². The van der Waals surface area contributed by atoms with Crippen LogP contribution in [0.4, 0.5) is 5.69 Å². The third-order valence-electron chi connectivity index (χ3n) is 2.53. The second-order valence-electron chi connectivity index (χ2n) is 4.10. The van der Waals surface area contributed by atoms with Gasteiger partial charge in [0.1, 0.15) is 12.4 Å². The van der Waals surface area contributed by atoms with Gasteiger partial charge >= 0.3 is 0 Å². The van der Waals surface area contributed by atoms with Crippen molar-refractivity contribution >= 4 is 21.6 Å². The van der Waals surface area contributed by atoms with Gasteiger partial charge in [-0.1, -0.05) is 28.1 Å². The molecule has 2 N–H and O–H groups in total. The number of ether oxygens (including phenoxy) is 2. The van der Waals surface area contributed by atoms with Gasteiger partial charge in [0.25, 0.3) is 0 Å². The number of anilines is 1. The molecule has 19 heavy (non-hydrogen) atoms. The lowest BCUT2D eigenvalue weighted by atomic mass is 10.2. The Morgan fingerprint density at radius 1 is 1.00 bits per heavy atom. The second-order valence-corrected chi connectivity index (χ2v) is 5.02. The molecule has 0 saturated carbocycles. The van der Waals surface area contributed by atoms with Crippen LogP contribution >= 0.6 is 15.9 Å². The standard InChI is InChI=1S/C15H16BrNO2/c16-13-3-1-2-12(10-13)11-18-8-9-19-15-6-4-14(17)5-7-15/h1-7,10H,8-9,11,17H2. The lowest BCUT2D eigenvalue weighted by Crippen LogP contribution is -2.06. The molecule has 4 heteroatoms. The molecule has 0 aromatic heterocycles. The molecule has 0 heterocycles. The number of halogens is 1. The van der Waals surface area contributed by atoms with Crippen LogP contribution in [0.3, 0.4) is 0 Å². The zero-order valence-electron chi connectivity index (χ0n) is 10.5. The fourth-order valence-electron chi connectivity index (χ4n) is 1.60. The van der Waals surface area contributed by atoms with Gasteiger partial charge in [-0.25, -0.2) is 0 Å². The van der Waals surface area contributed by atoms with Crippen molar-refractivity contribution in [1.29, 1.82) is 0 Å². The Hall–Kier alpha value is -1.52. The molecular weight excluding hydrogens is 306 g/mol. The van der Waals surface area contributed by atoms with E-state index >= 15 is 0 Å². The van der Waals surface area contributed by atoms with Crippen LogP contribution in [0.2, 0.25) is 0 Å². The molecule has 0 radical (unpaired) electrons. The third-order valence-corrected chi connectivity index (χ3v) is 3.03. The monoisotopic (exact) mass is 321 g/mol. The Morgan fingerprint density at radius 2 is 1.79 bits per heavy atom. The van der Waals surface area contributed by atoms with Crippen molar-refractivity contribution in [2.75, 3.05) is 18.9 Å². The summed E-state index contributed by atoms with van der Waals surface area (Å²) in [7, 11) is 0. The van der Waals surface area contributed by atoms with E-state index in [1.807, 2.05) is 48.5 Å². The molecule has 2 aromatic carbocycles. The highest BCUT2D eigenvalue weighted by Gasteiger charge is 1.96. The van der Waals surface area contributed by atoms with Gasteiger partial charge in [0.2, 0.25) is 0 Å². The van der Waals surface area contributed by atoms with Gasteiger partial charge in [-0.05, 0) is 42.0 Å². The maximum Gasteiger partial charge on any atom is 0.119 e. The SMILES string of the molecule is Nc1ccc(OCCOCc2cccc(Br)c2)cc1. The minimum atomic E-state index is 0.526. The Labute approximate surface area is 121 Å². The first-order valence-corrected chi connectivity index (χ1v) is 6.84. The summed E-state index contributed by atoms with van der Waals surface area (Å²) in [5, 5.41) is 0. The summed E-state index contributed by atoms with van der Waals surface area (Å²) in [6, 6.07) is 15.4. The van der Waals surface area contributed by atoms with Gasteiger partial charge in [0.15, 0.2) is 0 Å². The van der Waals surface area contributed by atoms with Crippen molar-refractivity contribution in [2.24, 2.45) is 0 Å². The zero-order chi connectivity index (χ0) is 13.5.